The van der Waals surface area contributed by atoms with Gasteiger partial charge in [0.05, 0.1) is 12.4 Å². The number of nitrogens with zero attached hydrogens (tertiary/aromatic N) is 2. The summed E-state index contributed by atoms with van der Waals surface area (Å²) in [5.41, 5.74) is 8.04. The fourth-order valence-electron chi connectivity index (χ4n) is 9.00. The van der Waals surface area contributed by atoms with E-state index in [4.69, 9.17) is 12.0 Å². The van der Waals surface area contributed by atoms with Crippen molar-refractivity contribution in [3.63, 3.8) is 0 Å². The van der Waals surface area contributed by atoms with Gasteiger partial charge in [-0.05, 0) is 73.3 Å². The molecule has 2 aliphatic carbocycles. The molecule has 1 heterocycles. The molecule has 0 bridgehead atoms. The van der Waals surface area contributed by atoms with Crippen molar-refractivity contribution in [1.82, 2.24) is 0 Å². The van der Waals surface area contributed by atoms with Gasteiger partial charge in [0.15, 0.2) is 0 Å². The van der Waals surface area contributed by atoms with Gasteiger partial charge in [0.1, 0.15) is 6.04 Å². The quantitative estimate of drug-likeness (QED) is 0.115. The van der Waals surface area contributed by atoms with E-state index in [0.29, 0.717) is 23.7 Å². The minimum atomic E-state index is -0.111. The van der Waals surface area contributed by atoms with Crippen LogP contribution in [0, 0.1) is 46.1 Å². The summed E-state index contributed by atoms with van der Waals surface area (Å²) in [6.07, 6.45) is 21.2. The van der Waals surface area contributed by atoms with E-state index in [0.717, 1.165) is 37.5 Å². The Morgan fingerprint density at radius 2 is 1.29 bits per heavy atom. The number of hydrogen-bond acceptors (Lipinski definition) is 0. The van der Waals surface area contributed by atoms with Crippen LogP contribution < -0.4 is 0 Å². The van der Waals surface area contributed by atoms with Gasteiger partial charge in [-0.1, -0.05) is 151 Å². The first-order valence-electron chi connectivity index (χ1n) is 18.2. The summed E-state index contributed by atoms with van der Waals surface area (Å²) < 4.78 is 2.34. The second-order valence-corrected chi connectivity index (χ2v) is 14.2. The number of rotatable bonds is 12. The summed E-state index contributed by atoms with van der Waals surface area (Å²) in [6.45, 7) is 18.8. The molecule has 2 nitrogen and oxygen atoms in total. The molecule has 262 valence electrons. The first kappa shape index (κ1) is 44.2. The number of benzene rings is 2. The van der Waals surface area contributed by atoms with Gasteiger partial charge in [0.2, 0.25) is 0 Å². The van der Waals surface area contributed by atoms with E-state index in [1.165, 1.54) is 84.6 Å². The molecule has 0 N–H and O–H groups in total. The first-order chi connectivity index (χ1) is 21.4. The molecule has 0 amide bonds. The zero-order valence-electron chi connectivity index (χ0n) is 32.2. The van der Waals surface area contributed by atoms with Gasteiger partial charge in [-0.2, -0.15) is 0 Å². The third kappa shape index (κ3) is 9.26. The fraction of sp³-hybridized carbons (Fsp3) is 0.533. The molecule has 2 aromatic carbocycles. The molecule has 0 aromatic heterocycles. The van der Waals surface area contributed by atoms with Crippen LogP contribution in [-0.4, -0.2) is 11.3 Å². The third-order valence-electron chi connectivity index (χ3n) is 11.5. The molecule has 4 atom stereocenters. The van der Waals surface area contributed by atoms with E-state index in [1.807, 2.05) is 0 Å². The molecule has 0 radical (unpaired) electrons. The molecule has 0 spiro atoms. The second-order valence-electron chi connectivity index (χ2n) is 14.2. The van der Waals surface area contributed by atoms with Crippen LogP contribution in [0.25, 0.3) is 5.32 Å². The maximum atomic E-state index is 5.94. The van der Waals surface area contributed by atoms with Crippen LogP contribution in [0.2, 0.25) is 0 Å². The van der Waals surface area contributed by atoms with Crippen molar-refractivity contribution in [2.75, 3.05) is 0 Å². The van der Waals surface area contributed by atoms with E-state index in [-0.39, 0.29) is 54.2 Å². The molecule has 0 saturated heterocycles. The van der Waals surface area contributed by atoms with Crippen LogP contribution in [-0.2, 0) is 25.8 Å². The van der Waals surface area contributed by atoms with E-state index in [1.54, 1.807) is 0 Å². The summed E-state index contributed by atoms with van der Waals surface area (Å²) in [4.78, 5) is 0. The monoisotopic (exact) mass is 816 g/mol. The van der Waals surface area contributed by atoms with Crippen LogP contribution in [0.5, 0.6) is 0 Å². The van der Waals surface area contributed by atoms with Gasteiger partial charge in [0, 0.05) is 5.92 Å². The molecular formula is C45H68HfN2. The molecule has 4 unspecified atom stereocenters. The van der Waals surface area contributed by atoms with E-state index in [2.05, 4.69) is 107 Å². The minimum absolute atomic E-state index is 0. The normalized spacial score (nSPS) is 20.9. The van der Waals surface area contributed by atoms with Crippen molar-refractivity contribution in [1.29, 1.82) is 0 Å². The van der Waals surface area contributed by atoms with Crippen molar-refractivity contribution in [2.24, 2.45) is 17.8 Å². The standard InChI is InChI=1S/C42H59N2.3CH3.Hf/c1-8-30(9-2)35-24-17-25-36(31(10-3)11-4)41(35)43-42(38-23-15-14-21-33(38)29(5)6)40-28-18-27-39(44(40)7)37-26-16-20-32-19-12-13-22-34(32)37;;;;/h14-15,17-18,21,23-25,27-32,34,37,42H,7-13,16,19-20,22,26H2,1-6H3;3*1H3;/q4*-1;+4. The maximum absolute atomic E-state index is 5.94. The first-order valence-corrected chi connectivity index (χ1v) is 18.2. The van der Waals surface area contributed by atoms with Gasteiger partial charge < -0.3 is 27.6 Å². The Labute approximate surface area is 317 Å². The summed E-state index contributed by atoms with van der Waals surface area (Å²) in [5, 5.41) is 5.94. The van der Waals surface area contributed by atoms with Crippen molar-refractivity contribution >= 4 is 12.4 Å². The Balaban J connectivity index is 0.00000288. The van der Waals surface area contributed by atoms with Gasteiger partial charge in [-0.25, -0.2) is 0 Å². The van der Waals surface area contributed by atoms with Gasteiger partial charge in [0.25, 0.3) is 0 Å². The topological polar surface area (TPSA) is 17.1 Å². The second kappa shape index (κ2) is 20.7. The average molecular weight is 816 g/mol. The molecular weight excluding hydrogens is 747 g/mol. The molecule has 48 heavy (non-hydrogen) atoms. The smallest absolute Gasteiger partial charge is 0.677 e. The maximum Gasteiger partial charge on any atom is 4.00 e. The van der Waals surface area contributed by atoms with Gasteiger partial charge >= 0.3 is 25.8 Å². The third-order valence-corrected chi connectivity index (χ3v) is 11.5. The van der Waals surface area contributed by atoms with Crippen molar-refractivity contribution in [2.45, 2.75) is 136 Å². The zero-order chi connectivity index (χ0) is 31.2. The molecule has 5 rings (SSSR count). The number of para-hydroxylation sites is 1. The van der Waals surface area contributed by atoms with Gasteiger partial charge in [-0.15, -0.1) is 11.8 Å². The predicted molar refractivity (Wildman–Crippen MR) is 209 cm³/mol. The average Bonchev–Trinajstić information content (AvgIpc) is 3.05. The fourth-order valence-corrected chi connectivity index (χ4v) is 9.00. The zero-order valence-corrected chi connectivity index (χ0v) is 35.8. The van der Waals surface area contributed by atoms with Crippen LogP contribution >= 0.6 is 0 Å². The number of hydrogen-bond donors (Lipinski definition) is 0. The number of fused-ring (bicyclic) bond motifs is 1. The Morgan fingerprint density at radius 3 is 1.88 bits per heavy atom. The Bertz CT molecular complexity index is 1280. The van der Waals surface area contributed by atoms with E-state index >= 15 is 0 Å². The van der Waals surface area contributed by atoms with Crippen LogP contribution in [0.15, 0.2) is 66.4 Å². The largest absolute Gasteiger partial charge is 4.00 e. The predicted octanol–water partition coefficient (Wildman–Crippen LogP) is 14.0. The van der Waals surface area contributed by atoms with Crippen molar-refractivity contribution < 1.29 is 30.4 Å². The van der Waals surface area contributed by atoms with Crippen molar-refractivity contribution in [3.05, 3.63) is 122 Å². The van der Waals surface area contributed by atoms with Crippen LogP contribution in [0.1, 0.15) is 158 Å². The molecule has 3 heteroatoms. The SMILES string of the molecule is C=[N+]1C(C([N-]c2c(C(CC)CC)cccc2C(CC)CC)c2ccccc2C(C)C)=CC=C[C-]1C1CCCC2CCCCC21.[CH3-].[CH3-].[CH3-].[Hf+4]. The summed E-state index contributed by atoms with van der Waals surface area (Å²) in [6, 6.07) is 17.4. The molecule has 2 aromatic rings. The van der Waals surface area contributed by atoms with Gasteiger partial charge in [-0.3, -0.25) is 4.58 Å². The molecule has 1 aliphatic heterocycles. The Morgan fingerprint density at radius 1 is 0.750 bits per heavy atom. The van der Waals surface area contributed by atoms with E-state index in [9.17, 15) is 0 Å². The molecule has 2 saturated carbocycles. The minimum Gasteiger partial charge on any atom is -0.677 e. The summed E-state index contributed by atoms with van der Waals surface area (Å²) in [5.74, 6) is 3.73. The molecule has 3 aliphatic rings. The Hall–Kier alpha value is -1.87. The van der Waals surface area contributed by atoms with Crippen LogP contribution in [0.3, 0.4) is 0 Å². The van der Waals surface area contributed by atoms with E-state index < -0.39 is 0 Å². The van der Waals surface area contributed by atoms with Crippen molar-refractivity contribution in [3.8, 4) is 0 Å². The summed E-state index contributed by atoms with van der Waals surface area (Å²) >= 11 is 0. The Kier molecular flexibility index (Phi) is 19.1. The summed E-state index contributed by atoms with van der Waals surface area (Å²) in [7, 11) is 0. The molecule has 2 fully saturated rings. The van der Waals surface area contributed by atoms with Crippen LogP contribution in [0.4, 0.5) is 5.69 Å². The number of allylic oxidation sites excluding steroid dienone is 2.